The van der Waals surface area contributed by atoms with Crippen LogP contribution in [0.1, 0.15) is 26.7 Å². The lowest BCUT2D eigenvalue weighted by Crippen LogP contribution is -2.53. The van der Waals surface area contributed by atoms with Gasteiger partial charge >= 0.3 is 0 Å². The van der Waals surface area contributed by atoms with Crippen LogP contribution in [0.3, 0.4) is 0 Å². The second-order valence-electron chi connectivity index (χ2n) is 7.66. The molecule has 1 heterocycles. The molecule has 0 amide bonds. The molecular formula is C18H37N5O. The van der Waals surface area contributed by atoms with Crippen LogP contribution >= 0.6 is 0 Å². The molecule has 0 bridgehead atoms. The van der Waals surface area contributed by atoms with Gasteiger partial charge in [0.15, 0.2) is 5.96 Å². The molecule has 1 aliphatic carbocycles. The summed E-state index contributed by atoms with van der Waals surface area (Å²) in [5, 5.41) is 7.06. The molecule has 2 N–H and O–H groups in total. The van der Waals surface area contributed by atoms with E-state index in [4.69, 9.17) is 4.74 Å². The highest BCUT2D eigenvalue weighted by Gasteiger charge is 2.32. The molecule has 6 nitrogen and oxygen atoms in total. The highest BCUT2D eigenvalue weighted by Crippen LogP contribution is 2.34. The highest BCUT2D eigenvalue weighted by molar-refractivity contribution is 5.79. The average molecular weight is 340 g/mol. The van der Waals surface area contributed by atoms with Crippen molar-refractivity contribution >= 4 is 5.96 Å². The summed E-state index contributed by atoms with van der Waals surface area (Å²) in [5.74, 6) is 2.37. The summed E-state index contributed by atoms with van der Waals surface area (Å²) < 4.78 is 5.49. The van der Waals surface area contributed by atoms with Crippen molar-refractivity contribution in [2.45, 2.75) is 38.8 Å². The fourth-order valence-corrected chi connectivity index (χ4v) is 3.57. The van der Waals surface area contributed by atoms with E-state index >= 15 is 0 Å². The van der Waals surface area contributed by atoms with E-state index in [0.717, 1.165) is 51.3 Å². The number of guanidine groups is 1. The first kappa shape index (κ1) is 19.5. The van der Waals surface area contributed by atoms with Gasteiger partial charge in [0.05, 0.1) is 13.2 Å². The molecule has 2 fully saturated rings. The molecule has 0 aromatic carbocycles. The smallest absolute Gasteiger partial charge is 0.191 e. The molecule has 2 rings (SSSR count). The molecule has 0 spiro atoms. The summed E-state index contributed by atoms with van der Waals surface area (Å²) in [6.07, 6.45) is 2.73. The van der Waals surface area contributed by atoms with Gasteiger partial charge in [-0.1, -0.05) is 13.8 Å². The summed E-state index contributed by atoms with van der Waals surface area (Å²) in [7, 11) is 6.21. The standard InChI is InChI=1S/C18H37N5O/c1-14(2)16(23-8-10-24-11-9-23)12-20-18(19-3)21-13-17(22(4)5)15-6-7-15/h14-17H,6-13H2,1-5H3,(H2,19,20,21). The van der Waals surface area contributed by atoms with Gasteiger partial charge in [0.25, 0.3) is 0 Å². The van der Waals surface area contributed by atoms with Crippen LogP contribution < -0.4 is 10.6 Å². The van der Waals surface area contributed by atoms with E-state index in [1.54, 1.807) is 0 Å². The van der Waals surface area contributed by atoms with Crippen LogP contribution in [0.25, 0.3) is 0 Å². The Bertz CT molecular complexity index is 387. The summed E-state index contributed by atoms with van der Waals surface area (Å²) in [5.41, 5.74) is 0. The van der Waals surface area contributed by atoms with Crippen LogP contribution in [0.4, 0.5) is 0 Å². The first-order valence-corrected chi connectivity index (χ1v) is 9.45. The van der Waals surface area contributed by atoms with Crippen molar-refractivity contribution in [2.75, 3.05) is 60.5 Å². The molecule has 0 radical (unpaired) electrons. The minimum Gasteiger partial charge on any atom is -0.379 e. The molecule has 1 saturated carbocycles. The first-order chi connectivity index (χ1) is 11.5. The van der Waals surface area contributed by atoms with E-state index in [2.05, 4.69) is 53.4 Å². The molecule has 24 heavy (non-hydrogen) atoms. The summed E-state index contributed by atoms with van der Waals surface area (Å²) in [4.78, 5) is 9.29. The fraction of sp³-hybridized carbons (Fsp3) is 0.944. The molecule has 0 aromatic rings. The number of hydrogen-bond donors (Lipinski definition) is 2. The van der Waals surface area contributed by atoms with Crippen LogP contribution in [0.15, 0.2) is 4.99 Å². The second-order valence-corrected chi connectivity index (χ2v) is 7.66. The van der Waals surface area contributed by atoms with Crippen molar-refractivity contribution in [3.8, 4) is 0 Å². The maximum atomic E-state index is 5.49. The Morgan fingerprint density at radius 3 is 2.29 bits per heavy atom. The van der Waals surface area contributed by atoms with Crippen molar-refractivity contribution in [2.24, 2.45) is 16.8 Å². The van der Waals surface area contributed by atoms with Gasteiger partial charge in [0.2, 0.25) is 0 Å². The first-order valence-electron chi connectivity index (χ1n) is 9.45. The van der Waals surface area contributed by atoms with Gasteiger partial charge in [-0.3, -0.25) is 9.89 Å². The van der Waals surface area contributed by atoms with E-state index in [1.165, 1.54) is 12.8 Å². The normalized spacial score (nSPS) is 22.7. The molecule has 2 unspecified atom stereocenters. The number of ether oxygens (including phenoxy) is 1. The number of morpholine rings is 1. The molecule has 1 saturated heterocycles. The van der Waals surface area contributed by atoms with Crippen molar-refractivity contribution in [3.05, 3.63) is 0 Å². The Hall–Kier alpha value is -0.850. The lowest BCUT2D eigenvalue weighted by Gasteiger charge is -2.37. The topological polar surface area (TPSA) is 52.1 Å². The van der Waals surface area contributed by atoms with E-state index in [0.29, 0.717) is 18.0 Å². The van der Waals surface area contributed by atoms with Crippen LogP contribution in [-0.4, -0.2) is 88.4 Å². The van der Waals surface area contributed by atoms with Gasteiger partial charge in [-0.25, -0.2) is 0 Å². The van der Waals surface area contributed by atoms with E-state index in [1.807, 2.05) is 7.05 Å². The quantitative estimate of drug-likeness (QED) is 0.507. The van der Waals surface area contributed by atoms with E-state index in [9.17, 15) is 0 Å². The predicted molar refractivity (Wildman–Crippen MR) is 101 cm³/mol. The van der Waals surface area contributed by atoms with Gasteiger partial charge in [-0.2, -0.15) is 0 Å². The number of aliphatic imine (C=N–C) groups is 1. The third kappa shape index (κ3) is 5.90. The zero-order valence-corrected chi connectivity index (χ0v) is 16.2. The highest BCUT2D eigenvalue weighted by atomic mass is 16.5. The number of nitrogens with one attached hydrogen (secondary N) is 2. The average Bonchev–Trinajstić information content (AvgIpc) is 3.38. The molecule has 6 heteroatoms. The number of hydrogen-bond acceptors (Lipinski definition) is 4. The van der Waals surface area contributed by atoms with Crippen LogP contribution in [-0.2, 0) is 4.74 Å². The summed E-state index contributed by atoms with van der Waals surface area (Å²) >= 11 is 0. The lowest BCUT2D eigenvalue weighted by atomic mass is 10.0. The molecule has 140 valence electrons. The largest absolute Gasteiger partial charge is 0.379 e. The zero-order chi connectivity index (χ0) is 17.5. The second kappa shape index (κ2) is 9.59. The Balaban J connectivity index is 1.80. The Labute approximate surface area is 148 Å². The molecule has 2 atom stereocenters. The van der Waals surface area contributed by atoms with Crippen LogP contribution in [0, 0.1) is 11.8 Å². The van der Waals surface area contributed by atoms with Crippen LogP contribution in [0.2, 0.25) is 0 Å². The molecule has 1 aliphatic heterocycles. The number of rotatable bonds is 8. The van der Waals surface area contributed by atoms with Crippen LogP contribution in [0.5, 0.6) is 0 Å². The monoisotopic (exact) mass is 339 g/mol. The Kier molecular flexibility index (Phi) is 7.78. The molecule has 0 aromatic heterocycles. The SMILES string of the molecule is CN=C(NCC(C1CC1)N(C)C)NCC(C(C)C)N1CCOCC1. The number of likely N-dealkylation sites (N-methyl/N-ethyl adjacent to an activating group) is 1. The number of nitrogens with zero attached hydrogens (tertiary/aromatic N) is 3. The predicted octanol–water partition coefficient (Wildman–Crippen LogP) is 0.848. The summed E-state index contributed by atoms with van der Waals surface area (Å²) in [6, 6.07) is 1.12. The minimum atomic E-state index is 0.514. The van der Waals surface area contributed by atoms with Gasteiger partial charge in [-0.05, 0) is 38.8 Å². The fourth-order valence-electron chi connectivity index (χ4n) is 3.57. The van der Waals surface area contributed by atoms with Crippen molar-refractivity contribution in [3.63, 3.8) is 0 Å². The summed E-state index contributed by atoms with van der Waals surface area (Å²) in [6.45, 7) is 10.2. The molecule has 2 aliphatic rings. The maximum absolute atomic E-state index is 5.49. The maximum Gasteiger partial charge on any atom is 0.191 e. The van der Waals surface area contributed by atoms with Gasteiger partial charge in [0.1, 0.15) is 0 Å². The van der Waals surface area contributed by atoms with E-state index in [-0.39, 0.29) is 0 Å². The van der Waals surface area contributed by atoms with E-state index < -0.39 is 0 Å². The molecular weight excluding hydrogens is 302 g/mol. The third-order valence-corrected chi connectivity index (χ3v) is 5.29. The lowest BCUT2D eigenvalue weighted by molar-refractivity contribution is 0.00752. The third-order valence-electron chi connectivity index (χ3n) is 5.29. The van der Waals surface area contributed by atoms with Gasteiger partial charge < -0.3 is 20.3 Å². The van der Waals surface area contributed by atoms with Gasteiger partial charge in [0, 0.05) is 45.3 Å². The van der Waals surface area contributed by atoms with Crippen molar-refractivity contribution in [1.29, 1.82) is 0 Å². The van der Waals surface area contributed by atoms with Crippen molar-refractivity contribution < 1.29 is 4.74 Å². The van der Waals surface area contributed by atoms with Crippen molar-refractivity contribution in [1.82, 2.24) is 20.4 Å². The zero-order valence-electron chi connectivity index (χ0n) is 16.2. The minimum absolute atomic E-state index is 0.514. The Morgan fingerprint density at radius 1 is 1.17 bits per heavy atom. The van der Waals surface area contributed by atoms with Gasteiger partial charge in [-0.15, -0.1) is 0 Å². The Morgan fingerprint density at radius 2 is 1.79 bits per heavy atom.